The van der Waals surface area contributed by atoms with Gasteiger partial charge in [0, 0.05) is 11.6 Å². The van der Waals surface area contributed by atoms with Gasteiger partial charge in [-0.3, -0.25) is 0 Å². The van der Waals surface area contributed by atoms with Gasteiger partial charge in [-0.25, -0.2) is 9.18 Å². The van der Waals surface area contributed by atoms with E-state index in [1.54, 1.807) is 12.1 Å². The van der Waals surface area contributed by atoms with Gasteiger partial charge in [-0.15, -0.1) is 0 Å². The number of carbonyl (C=O) groups excluding carboxylic acids is 1. The van der Waals surface area contributed by atoms with Crippen LogP contribution in [0.3, 0.4) is 0 Å². The Labute approximate surface area is 86.4 Å². The largest absolute Gasteiger partial charge is 0.466 e. The minimum Gasteiger partial charge on any atom is -0.466 e. The van der Waals surface area contributed by atoms with Gasteiger partial charge in [0.2, 0.25) is 0 Å². The lowest BCUT2D eigenvalue weighted by molar-refractivity contribution is -0.134. The number of ether oxygens (including phenoxy) is 1. The molecule has 4 heteroatoms. The zero-order valence-corrected chi connectivity index (χ0v) is 8.03. The van der Waals surface area contributed by atoms with Crippen LogP contribution in [0.25, 0.3) is 6.08 Å². The van der Waals surface area contributed by atoms with E-state index in [4.69, 9.17) is 5.26 Å². The molecule has 1 aromatic carbocycles. The third-order valence-electron chi connectivity index (χ3n) is 1.75. The highest BCUT2D eigenvalue weighted by Crippen LogP contribution is 2.13. The second-order valence-corrected chi connectivity index (χ2v) is 2.68. The first kappa shape index (κ1) is 10.9. The number of carbonyl (C=O) groups is 1. The van der Waals surface area contributed by atoms with E-state index in [0.717, 1.165) is 6.08 Å². The van der Waals surface area contributed by atoms with Crippen LogP contribution < -0.4 is 0 Å². The van der Waals surface area contributed by atoms with Crippen LogP contribution in [0.15, 0.2) is 24.3 Å². The van der Waals surface area contributed by atoms with Crippen molar-refractivity contribution in [3.63, 3.8) is 0 Å². The van der Waals surface area contributed by atoms with Crippen LogP contribution >= 0.6 is 0 Å². The number of nitriles is 1. The summed E-state index contributed by atoms with van der Waals surface area (Å²) in [5.74, 6) is -1.21. The molecule has 0 N–H and O–H groups in total. The number of halogens is 1. The third kappa shape index (κ3) is 2.64. The summed E-state index contributed by atoms with van der Waals surface area (Å²) in [6.07, 6.45) is 2.36. The molecule has 0 amide bonds. The molecule has 0 aliphatic carbocycles. The fourth-order valence-corrected chi connectivity index (χ4v) is 0.991. The summed E-state index contributed by atoms with van der Waals surface area (Å²) < 4.78 is 17.8. The molecule has 0 aromatic heterocycles. The highest BCUT2D eigenvalue weighted by atomic mass is 19.1. The Kier molecular flexibility index (Phi) is 3.58. The lowest BCUT2D eigenvalue weighted by Gasteiger charge is -1.97. The van der Waals surface area contributed by atoms with Crippen molar-refractivity contribution in [1.82, 2.24) is 0 Å². The van der Waals surface area contributed by atoms with Gasteiger partial charge in [-0.2, -0.15) is 5.26 Å². The van der Waals surface area contributed by atoms with Gasteiger partial charge in [-0.05, 0) is 12.1 Å². The molecule has 0 bridgehead atoms. The molecule has 0 radical (unpaired) electrons. The van der Waals surface area contributed by atoms with Crippen molar-refractivity contribution in [3.05, 3.63) is 41.2 Å². The molecule has 1 rings (SSSR count). The highest BCUT2D eigenvalue weighted by Gasteiger charge is 2.04. The molecule has 0 atom stereocenters. The standard InChI is InChI=1S/C11H8FNO2/c1-15-10(14)6-5-8-3-2-4-9(7-13)11(8)12/h2-6H,1H3. The number of benzene rings is 1. The third-order valence-corrected chi connectivity index (χ3v) is 1.75. The first-order chi connectivity index (χ1) is 7.19. The molecule has 0 saturated heterocycles. The van der Waals surface area contributed by atoms with E-state index in [-0.39, 0.29) is 11.1 Å². The second kappa shape index (κ2) is 4.91. The zero-order chi connectivity index (χ0) is 11.3. The topological polar surface area (TPSA) is 50.1 Å². The Balaban J connectivity index is 3.02. The van der Waals surface area contributed by atoms with Crippen molar-refractivity contribution in [3.8, 4) is 6.07 Å². The van der Waals surface area contributed by atoms with Crippen LogP contribution in [0.4, 0.5) is 4.39 Å². The zero-order valence-electron chi connectivity index (χ0n) is 8.03. The quantitative estimate of drug-likeness (QED) is 0.547. The predicted octanol–water partition coefficient (Wildman–Crippen LogP) is 1.88. The van der Waals surface area contributed by atoms with Crippen LogP contribution in [-0.4, -0.2) is 13.1 Å². The minimum atomic E-state index is -0.639. The lowest BCUT2D eigenvalue weighted by Crippen LogP contribution is -1.94. The first-order valence-electron chi connectivity index (χ1n) is 4.13. The maximum absolute atomic E-state index is 13.4. The molecule has 1 aromatic rings. The maximum atomic E-state index is 13.4. The van der Waals surface area contributed by atoms with Crippen LogP contribution in [-0.2, 0) is 9.53 Å². The SMILES string of the molecule is COC(=O)C=Cc1cccc(C#N)c1F. The number of rotatable bonds is 2. The van der Waals surface area contributed by atoms with Gasteiger partial charge in [0.05, 0.1) is 12.7 Å². The Morgan fingerprint density at radius 2 is 2.33 bits per heavy atom. The summed E-state index contributed by atoms with van der Waals surface area (Å²) in [5.41, 5.74) is 0.126. The Hall–Kier alpha value is -2.15. The van der Waals surface area contributed by atoms with E-state index in [0.29, 0.717) is 0 Å². The number of hydrogen-bond acceptors (Lipinski definition) is 3. The molecular formula is C11H8FNO2. The van der Waals surface area contributed by atoms with Crippen molar-refractivity contribution < 1.29 is 13.9 Å². The average molecular weight is 205 g/mol. The van der Waals surface area contributed by atoms with Gasteiger partial charge in [0.25, 0.3) is 0 Å². The minimum absolute atomic E-state index is 0.0537. The summed E-state index contributed by atoms with van der Waals surface area (Å²) in [7, 11) is 1.23. The smallest absolute Gasteiger partial charge is 0.330 e. The average Bonchev–Trinajstić information content (AvgIpc) is 2.27. The summed E-state index contributed by atoms with van der Waals surface area (Å²) in [5, 5.41) is 8.56. The van der Waals surface area contributed by atoms with Gasteiger partial charge in [0.15, 0.2) is 0 Å². The fourth-order valence-electron chi connectivity index (χ4n) is 0.991. The number of hydrogen-bond donors (Lipinski definition) is 0. The van der Waals surface area contributed by atoms with E-state index in [2.05, 4.69) is 4.74 Å². The van der Waals surface area contributed by atoms with Crippen LogP contribution in [0.2, 0.25) is 0 Å². The Bertz CT molecular complexity index is 446. The van der Waals surface area contributed by atoms with Gasteiger partial charge < -0.3 is 4.74 Å². The molecule has 0 heterocycles. The molecule has 76 valence electrons. The highest BCUT2D eigenvalue weighted by molar-refractivity contribution is 5.87. The summed E-state index contributed by atoms with van der Waals surface area (Å²) in [6.45, 7) is 0. The number of methoxy groups -OCH3 is 1. The molecule has 0 spiro atoms. The molecule has 0 aliphatic rings. The fraction of sp³-hybridized carbons (Fsp3) is 0.0909. The first-order valence-corrected chi connectivity index (χ1v) is 4.13. The molecular weight excluding hydrogens is 197 g/mol. The maximum Gasteiger partial charge on any atom is 0.330 e. The van der Waals surface area contributed by atoms with Crippen LogP contribution in [0.5, 0.6) is 0 Å². The predicted molar refractivity (Wildman–Crippen MR) is 52.2 cm³/mol. The Morgan fingerprint density at radius 3 is 2.93 bits per heavy atom. The van der Waals surface area contributed by atoms with E-state index < -0.39 is 11.8 Å². The molecule has 3 nitrogen and oxygen atoms in total. The normalized spacial score (nSPS) is 9.93. The van der Waals surface area contributed by atoms with Crippen LogP contribution in [0, 0.1) is 17.1 Å². The van der Waals surface area contributed by atoms with Gasteiger partial charge in [-0.1, -0.05) is 12.1 Å². The lowest BCUT2D eigenvalue weighted by atomic mass is 10.1. The molecule has 0 aliphatic heterocycles. The van der Waals surface area contributed by atoms with E-state index in [1.165, 1.54) is 25.3 Å². The van der Waals surface area contributed by atoms with Gasteiger partial charge >= 0.3 is 5.97 Å². The molecule has 0 saturated carbocycles. The van der Waals surface area contributed by atoms with Gasteiger partial charge in [0.1, 0.15) is 11.9 Å². The summed E-state index contributed by atoms with van der Waals surface area (Å²) in [6, 6.07) is 6.09. The number of nitrogens with zero attached hydrogens (tertiary/aromatic N) is 1. The van der Waals surface area contributed by atoms with Crippen LogP contribution in [0.1, 0.15) is 11.1 Å². The van der Waals surface area contributed by atoms with Crippen molar-refractivity contribution >= 4 is 12.0 Å². The molecule has 0 unspecified atom stereocenters. The van der Waals surface area contributed by atoms with Crippen molar-refractivity contribution in [2.75, 3.05) is 7.11 Å². The molecule has 15 heavy (non-hydrogen) atoms. The monoisotopic (exact) mass is 205 g/mol. The summed E-state index contributed by atoms with van der Waals surface area (Å²) >= 11 is 0. The van der Waals surface area contributed by atoms with Crippen molar-refractivity contribution in [2.24, 2.45) is 0 Å². The van der Waals surface area contributed by atoms with E-state index in [1.807, 2.05) is 0 Å². The summed E-state index contributed by atoms with van der Waals surface area (Å²) in [4.78, 5) is 10.8. The number of esters is 1. The van der Waals surface area contributed by atoms with Crippen molar-refractivity contribution in [1.29, 1.82) is 5.26 Å². The second-order valence-electron chi connectivity index (χ2n) is 2.68. The molecule has 0 fully saturated rings. The van der Waals surface area contributed by atoms with Crippen molar-refractivity contribution in [2.45, 2.75) is 0 Å². The Morgan fingerprint density at radius 1 is 1.60 bits per heavy atom. The van der Waals surface area contributed by atoms with E-state index in [9.17, 15) is 9.18 Å². The van der Waals surface area contributed by atoms with E-state index >= 15 is 0 Å².